The van der Waals surface area contributed by atoms with Gasteiger partial charge >= 0.3 is 0 Å². The number of carbonyl (C=O) groups is 1. The molecule has 0 heterocycles. The Morgan fingerprint density at radius 3 is 2.39 bits per heavy atom. The molecule has 0 bridgehead atoms. The third kappa shape index (κ3) is 4.39. The molecule has 1 atom stereocenters. The first-order valence-electron chi connectivity index (χ1n) is 7.39. The molecule has 1 amide bonds. The standard InChI is InChI=1S/C18H22N2O3/c1-12-6-5-7-14(10-12)19-13(2)18(21)20-15-8-9-16(22-3)17(11-15)23-4/h5-11,13,19H,1-4H3,(H,20,21). The highest BCUT2D eigenvalue weighted by atomic mass is 16.5. The highest BCUT2D eigenvalue weighted by Gasteiger charge is 2.14. The van der Waals surface area contributed by atoms with Gasteiger partial charge in [-0.25, -0.2) is 0 Å². The number of carbonyl (C=O) groups excluding carboxylic acids is 1. The second-order valence-electron chi connectivity index (χ2n) is 5.29. The maximum atomic E-state index is 12.3. The molecule has 2 rings (SSSR count). The number of methoxy groups -OCH3 is 2. The lowest BCUT2D eigenvalue weighted by atomic mass is 10.2. The Bertz CT molecular complexity index is 686. The van der Waals surface area contributed by atoms with E-state index in [0.717, 1.165) is 11.3 Å². The number of ether oxygens (including phenoxy) is 2. The SMILES string of the molecule is COc1ccc(NC(=O)C(C)Nc2cccc(C)c2)cc1OC. The van der Waals surface area contributed by atoms with Crippen molar-refractivity contribution in [2.24, 2.45) is 0 Å². The molecule has 2 aromatic carbocycles. The monoisotopic (exact) mass is 314 g/mol. The topological polar surface area (TPSA) is 59.6 Å². The van der Waals surface area contributed by atoms with Crippen LogP contribution in [0.2, 0.25) is 0 Å². The predicted molar refractivity (Wildman–Crippen MR) is 92.4 cm³/mol. The van der Waals surface area contributed by atoms with Crippen molar-refractivity contribution in [1.29, 1.82) is 0 Å². The lowest BCUT2D eigenvalue weighted by molar-refractivity contribution is -0.116. The summed E-state index contributed by atoms with van der Waals surface area (Å²) in [5, 5.41) is 6.05. The molecule has 0 radical (unpaired) electrons. The van der Waals surface area contributed by atoms with Crippen LogP contribution in [0.4, 0.5) is 11.4 Å². The van der Waals surface area contributed by atoms with Crippen LogP contribution in [0.15, 0.2) is 42.5 Å². The molecule has 5 heteroatoms. The average Bonchev–Trinajstić information content (AvgIpc) is 2.54. The smallest absolute Gasteiger partial charge is 0.246 e. The first kappa shape index (κ1) is 16.7. The van der Waals surface area contributed by atoms with Crippen molar-refractivity contribution >= 4 is 17.3 Å². The number of anilines is 2. The average molecular weight is 314 g/mol. The van der Waals surface area contributed by atoms with E-state index in [1.165, 1.54) is 0 Å². The maximum absolute atomic E-state index is 12.3. The summed E-state index contributed by atoms with van der Waals surface area (Å²) in [6, 6.07) is 12.8. The van der Waals surface area contributed by atoms with Crippen molar-refractivity contribution < 1.29 is 14.3 Å². The first-order chi connectivity index (χ1) is 11.0. The van der Waals surface area contributed by atoms with Crippen LogP contribution in [-0.4, -0.2) is 26.2 Å². The minimum atomic E-state index is -0.370. The van der Waals surface area contributed by atoms with E-state index in [2.05, 4.69) is 10.6 Å². The van der Waals surface area contributed by atoms with Gasteiger partial charge < -0.3 is 20.1 Å². The van der Waals surface area contributed by atoms with Gasteiger partial charge in [-0.1, -0.05) is 12.1 Å². The zero-order valence-electron chi connectivity index (χ0n) is 13.8. The highest BCUT2D eigenvalue weighted by Crippen LogP contribution is 2.29. The van der Waals surface area contributed by atoms with E-state index in [-0.39, 0.29) is 11.9 Å². The Hall–Kier alpha value is -2.69. The predicted octanol–water partition coefficient (Wildman–Crippen LogP) is 3.45. The van der Waals surface area contributed by atoms with Crippen LogP contribution in [0, 0.1) is 6.92 Å². The maximum Gasteiger partial charge on any atom is 0.246 e. The number of amides is 1. The molecule has 0 saturated heterocycles. The lowest BCUT2D eigenvalue weighted by Crippen LogP contribution is -2.31. The molecule has 0 aliphatic heterocycles. The zero-order valence-corrected chi connectivity index (χ0v) is 13.8. The van der Waals surface area contributed by atoms with E-state index in [0.29, 0.717) is 17.2 Å². The van der Waals surface area contributed by atoms with Gasteiger partial charge in [0.15, 0.2) is 11.5 Å². The summed E-state index contributed by atoms with van der Waals surface area (Å²) in [6.07, 6.45) is 0. The fraction of sp³-hybridized carbons (Fsp3) is 0.278. The molecule has 0 saturated carbocycles. The molecular formula is C18H22N2O3. The second-order valence-corrected chi connectivity index (χ2v) is 5.29. The fourth-order valence-corrected chi connectivity index (χ4v) is 2.21. The van der Waals surface area contributed by atoms with Crippen LogP contribution in [0.5, 0.6) is 11.5 Å². The highest BCUT2D eigenvalue weighted by molar-refractivity contribution is 5.96. The van der Waals surface area contributed by atoms with Gasteiger partial charge in [-0.3, -0.25) is 4.79 Å². The molecule has 2 N–H and O–H groups in total. The van der Waals surface area contributed by atoms with Crippen LogP contribution >= 0.6 is 0 Å². The third-order valence-electron chi connectivity index (χ3n) is 3.45. The van der Waals surface area contributed by atoms with Crippen LogP contribution in [0.1, 0.15) is 12.5 Å². The van der Waals surface area contributed by atoms with Gasteiger partial charge in [0.05, 0.1) is 14.2 Å². The number of nitrogens with one attached hydrogen (secondary N) is 2. The molecule has 5 nitrogen and oxygen atoms in total. The van der Waals surface area contributed by atoms with E-state index >= 15 is 0 Å². The molecule has 0 aliphatic rings. The van der Waals surface area contributed by atoms with E-state index in [1.807, 2.05) is 38.1 Å². The molecule has 1 unspecified atom stereocenters. The second kappa shape index (κ2) is 7.54. The van der Waals surface area contributed by atoms with Crippen LogP contribution in [0.25, 0.3) is 0 Å². The van der Waals surface area contributed by atoms with Crippen LogP contribution in [0.3, 0.4) is 0 Å². The van der Waals surface area contributed by atoms with E-state index in [9.17, 15) is 4.79 Å². The first-order valence-corrected chi connectivity index (χ1v) is 7.39. The minimum Gasteiger partial charge on any atom is -0.493 e. The van der Waals surface area contributed by atoms with Gasteiger partial charge in [0.2, 0.25) is 5.91 Å². The van der Waals surface area contributed by atoms with Crippen LogP contribution < -0.4 is 20.1 Å². The van der Waals surface area contributed by atoms with Gasteiger partial charge in [0, 0.05) is 17.4 Å². The largest absolute Gasteiger partial charge is 0.493 e. The van der Waals surface area contributed by atoms with Crippen molar-refractivity contribution in [2.75, 3.05) is 24.9 Å². The van der Waals surface area contributed by atoms with Gasteiger partial charge in [-0.15, -0.1) is 0 Å². The van der Waals surface area contributed by atoms with Gasteiger partial charge in [0.1, 0.15) is 6.04 Å². The summed E-state index contributed by atoms with van der Waals surface area (Å²) >= 11 is 0. The summed E-state index contributed by atoms with van der Waals surface area (Å²) in [5.74, 6) is 1.07. The van der Waals surface area contributed by atoms with Crippen molar-refractivity contribution in [3.8, 4) is 11.5 Å². The Morgan fingerprint density at radius 2 is 1.74 bits per heavy atom. The van der Waals surface area contributed by atoms with Gasteiger partial charge in [0.25, 0.3) is 0 Å². The minimum absolute atomic E-state index is 0.126. The summed E-state index contributed by atoms with van der Waals surface area (Å²) in [7, 11) is 3.13. The number of rotatable bonds is 6. The Balaban J connectivity index is 2.03. The third-order valence-corrected chi connectivity index (χ3v) is 3.45. The summed E-state index contributed by atoms with van der Waals surface area (Å²) in [6.45, 7) is 3.83. The fourth-order valence-electron chi connectivity index (χ4n) is 2.21. The molecule has 23 heavy (non-hydrogen) atoms. The molecule has 122 valence electrons. The van der Waals surface area contributed by atoms with Crippen LogP contribution in [-0.2, 0) is 4.79 Å². The number of benzene rings is 2. The van der Waals surface area contributed by atoms with Crippen molar-refractivity contribution in [2.45, 2.75) is 19.9 Å². The number of hydrogen-bond donors (Lipinski definition) is 2. The van der Waals surface area contributed by atoms with E-state index < -0.39 is 0 Å². The number of aryl methyl sites for hydroxylation is 1. The van der Waals surface area contributed by atoms with Gasteiger partial charge in [-0.05, 0) is 43.7 Å². The molecule has 0 aliphatic carbocycles. The van der Waals surface area contributed by atoms with Crippen molar-refractivity contribution in [3.63, 3.8) is 0 Å². The number of hydrogen-bond acceptors (Lipinski definition) is 4. The Kier molecular flexibility index (Phi) is 5.46. The summed E-state index contributed by atoms with van der Waals surface area (Å²) < 4.78 is 10.4. The Morgan fingerprint density at radius 1 is 1.00 bits per heavy atom. The van der Waals surface area contributed by atoms with E-state index in [4.69, 9.17) is 9.47 Å². The van der Waals surface area contributed by atoms with Crippen molar-refractivity contribution in [3.05, 3.63) is 48.0 Å². The molecular weight excluding hydrogens is 292 g/mol. The van der Waals surface area contributed by atoms with Crippen molar-refractivity contribution in [1.82, 2.24) is 0 Å². The normalized spacial score (nSPS) is 11.5. The molecule has 0 aromatic heterocycles. The molecule has 0 fully saturated rings. The van der Waals surface area contributed by atoms with Gasteiger partial charge in [-0.2, -0.15) is 0 Å². The summed E-state index contributed by atoms with van der Waals surface area (Å²) in [4.78, 5) is 12.3. The Labute approximate surface area is 136 Å². The lowest BCUT2D eigenvalue weighted by Gasteiger charge is -2.16. The summed E-state index contributed by atoms with van der Waals surface area (Å²) in [5.41, 5.74) is 2.72. The molecule has 0 spiro atoms. The quantitative estimate of drug-likeness (QED) is 0.857. The molecule has 2 aromatic rings. The van der Waals surface area contributed by atoms with E-state index in [1.54, 1.807) is 32.4 Å². The zero-order chi connectivity index (χ0) is 16.8.